The number of aryl methyl sites for hydroxylation is 2. The number of phenols is 1. The molecule has 0 spiro atoms. The zero-order valence-electron chi connectivity index (χ0n) is 20.9. The molecule has 5 rings (SSSR count). The van der Waals surface area contributed by atoms with Gasteiger partial charge in [0.2, 0.25) is 5.78 Å². The maximum Gasteiger partial charge on any atom is 0.232 e. The molecule has 184 valence electrons. The number of ether oxygens (including phenoxy) is 2. The largest absolute Gasteiger partial charge is 0.507 e. The van der Waals surface area contributed by atoms with Crippen LogP contribution in [0.2, 0.25) is 0 Å². The number of aromatic nitrogens is 1. The molecule has 0 atom stereocenters. The lowest BCUT2D eigenvalue weighted by Gasteiger charge is -2.34. The second kappa shape index (κ2) is 9.40. The summed E-state index contributed by atoms with van der Waals surface area (Å²) in [5.74, 6) is 1.58. The van der Waals surface area contributed by atoms with Gasteiger partial charge in [0.1, 0.15) is 17.2 Å². The van der Waals surface area contributed by atoms with Gasteiger partial charge in [-0.2, -0.15) is 0 Å². The fourth-order valence-corrected chi connectivity index (χ4v) is 5.17. The number of benzene rings is 2. The van der Waals surface area contributed by atoms with Crippen LogP contribution < -0.4 is 9.47 Å². The van der Waals surface area contributed by atoms with Crippen molar-refractivity contribution in [2.75, 3.05) is 39.8 Å². The van der Waals surface area contributed by atoms with Crippen molar-refractivity contribution in [1.29, 1.82) is 0 Å². The molecule has 1 aromatic heterocycles. The SMILES string of the molecule is CCN1CCN(Cc2c(O)cc(C)c3c2O/C(=C\c2cn(CC)c4ccc(OC)cc24)C3=O)CC1. The van der Waals surface area contributed by atoms with Crippen LogP contribution in [0.3, 0.4) is 0 Å². The minimum absolute atomic E-state index is 0.144. The number of nitrogens with zero attached hydrogens (tertiary/aromatic N) is 3. The number of fused-ring (bicyclic) bond motifs is 2. The van der Waals surface area contributed by atoms with E-state index in [2.05, 4.69) is 28.2 Å². The first kappa shape index (κ1) is 23.5. The molecule has 0 aliphatic carbocycles. The van der Waals surface area contributed by atoms with Crippen LogP contribution in [-0.2, 0) is 13.1 Å². The molecule has 1 N–H and O–H groups in total. The molecule has 3 aromatic rings. The number of ketones is 1. The summed E-state index contributed by atoms with van der Waals surface area (Å²) in [5, 5.41) is 11.8. The van der Waals surface area contributed by atoms with E-state index in [0.717, 1.165) is 67.0 Å². The van der Waals surface area contributed by atoms with Gasteiger partial charge < -0.3 is 24.0 Å². The highest BCUT2D eigenvalue weighted by molar-refractivity contribution is 6.16. The van der Waals surface area contributed by atoms with Gasteiger partial charge in [0.05, 0.1) is 18.2 Å². The summed E-state index contributed by atoms with van der Waals surface area (Å²) in [6, 6.07) is 7.65. The van der Waals surface area contributed by atoms with Crippen molar-refractivity contribution in [3.05, 3.63) is 58.5 Å². The van der Waals surface area contributed by atoms with Gasteiger partial charge >= 0.3 is 0 Å². The molecule has 2 aromatic carbocycles. The highest BCUT2D eigenvalue weighted by Gasteiger charge is 2.34. The number of phenolic OH excluding ortho intramolecular Hbond substituents is 1. The van der Waals surface area contributed by atoms with Crippen LogP contribution in [0.1, 0.15) is 40.9 Å². The Bertz CT molecular complexity index is 1320. The van der Waals surface area contributed by atoms with Crippen LogP contribution in [0.25, 0.3) is 17.0 Å². The Hall–Kier alpha value is -3.29. The highest BCUT2D eigenvalue weighted by atomic mass is 16.5. The number of methoxy groups -OCH3 is 1. The Morgan fingerprint density at radius 1 is 1.09 bits per heavy atom. The smallest absolute Gasteiger partial charge is 0.232 e. The second-order valence-corrected chi connectivity index (χ2v) is 9.30. The molecule has 3 heterocycles. The van der Waals surface area contributed by atoms with Gasteiger partial charge in [-0.25, -0.2) is 0 Å². The first-order chi connectivity index (χ1) is 16.9. The quantitative estimate of drug-likeness (QED) is 0.532. The number of rotatable bonds is 6. The van der Waals surface area contributed by atoms with Crippen molar-refractivity contribution in [2.45, 2.75) is 33.9 Å². The maximum atomic E-state index is 13.5. The molecule has 2 aliphatic rings. The second-order valence-electron chi connectivity index (χ2n) is 9.30. The van der Waals surface area contributed by atoms with Gasteiger partial charge in [-0.3, -0.25) is 9.69 Å². The average Bonchev–Trinajstić information content (AvgIpc) is 3.39. The Morgan fingerprint density at radius 2 is 1.83 bits per heavy atom. The molecule has 35 heavy (non-hydrogen) atoms. The van der Waals surface area contributed by atoms with Gasteiger partial charge in [-0.15, -0.1) is 0 Å². The minimum atomic E-state index is -0.144. The number of carbonyl (C=O) groups excluding carboxylic acids is 1. The number of carbonyl (C=O) groups is 1. The number of hydrogen-bond acceptors (Lipinski definition) is 6. The van der Waals surface area contributed by atoms with Crippen molar-refractivity contribution in [2.24, 2.45) is 0 Å². The summed E-state index contributed by atoms with van der Waals surface area (Å²) >= 11 is 0. The third kappa shape index (κ3) is 4.19. The number of piperazine rings is 1. The lowest BCUT2D eigenvalue weighted by Crippen LogP contribution is -2.45. The van der Waals surface area contributed by atoms with E-state index in [9.17, 15) is 9.90 Å². The average molecular weight is 476 g/mol. The Balaban J connectivity index is 1.51. The summed E-state index contributed by atoms with van der Waals surface area (Å²) in [4.78, 5) is 18.2. The van der Waals surface area contributed by atoms with E-state index in [1.165, 1.54) is 0 Å². The van der Waals surface area contributed by atoms with E-state index in [4.69, 9.17) is 9.47 Å². The molecule has 1 fully saturated rings. The van der Waals surface area contributed by atoms with E-state index in [1.54, 1.807) is 13.2 Å². The number of hydrogen-bond donors (Lipinski definition) is 1. The van der Waals surface area contributed by atoms with Crippen LogP contribution in [0.15, 0.2) is 36.2 Å². The van der Waals surface area contributed by atoms with Crippen molar-refractivity contribution in [1.82, 2.24) is 14.4 Å². The normalized spacial score (nSPS) is 17.8. The first-order valence-corrected chi connectivity index (χ1v) is 12.3. The monoisotopic (exact) mass is 475 g/mol. The predicted octanol–water partition coefficient (Wildman–Crippen LogP) is 4.44. The molecule has 0 unspecified atom stereocenters. The minimum Gasteiger partial charge on any atom is -0.507 e. The van der Waals surface area contributed by atoms with Gasteiger partial charge in [0, 0.05) is 61.9 Å². The van der Waals surface area contributed by atoms with E-state index >= 15 is 0 Å². The van der Waals surface area contributed by atoms with E-state index < -0.39 is 0 Å². The third-order valence-corrected chi connectivity index (χ3v) is 7.26. The third-order valence-electron chi connectivity index (χ3n) is 7.26. The van der Waals surface area contributed by atoms with Crippen LogP contribution in [0, 0.1) is 6.92 Å². The number of aromatic hydroxyl groups is 1. The summed E-state index contributed by atoms with van der Waals surface area (Å²) < 4.78 is 13.8. The predicted molar refractivity (Wildman–Crippen MR) is 137 cm³/mol. The van der Waals surface area contributed by atoms with E-state index in [0.29, 0.717) is 23.4 Å². The lowest BCUT2D eigenvalue weighted by atomic mass is 9.99. The van der Waals surface area contributed by atoms with Gasteiger partial charge in [0.15, 0.2) is 5.76 Å². The Labute approximate surface area is 206 Å². The van der Waals surface area contributed by atoms with Crippen molar-refractivity contribution in [3.63, 3.8) is 0 Å². The van der Waals surface area contributed by atoms with Crippen molar-refractivity contribution in [3.8, 4) is 17.2 Å². The number of likely N-dealkylation sites (N-methyl/N-ethyl adjacent to an activating group) is 1. The molecule has 7 nitrogen and oxygen atoms in total. The van der Waals surface area contributed by atoms with E-state index in [1.807, 2.05) is 37.4 Å². The first-order valence-electron chi connectivity index (χ1n) is 12.3. The lowest BCUT2D eigenvalue weighted by molar-refractivity contribution is 0.101. The summed E-state index contributed by atoms with van der Waals surface area (Å²) in [7, 11) is 1.65. The van der Waals surface area contributed by atoms with Crippen molar-refractivity contribution >= 4 is 22.8 Å². The molecule has 0 saturated carbocycles. The van der Waals surface area contributed by atoms with E-state index in [-0.39, 0.29) is 17.3 Å². The molecule has 0 bridgehead atoms. The molecule has 0 amide bonds. The summed E-state index contributed by atoms with van der Waals surface area (Å²) in [5.41, 5.74) is 3.93. The molecular formula is C28H33N3O4. The number of allylic oxidation sites excluding steroid dienone is 1. The van der Waals surface area contributed by atoms with Crippen LogP contribution in [0.5, 0.6) is 17.2 Å². The molecule has 2 aliphatic heterocycles. The Kier molecular flexibility index (Phi) is 6.30. The zero-order valence-corrected chi connectivity index (χ0v) is 20.9. The van der Waals surface area contributed by atoms with Crippen molar-refractivity contribution < 1.29 is 19.4 Å². The Morgan fingerprint density at radius 3 is 2.51 bits per heavy atom. The number of Topliss-reactive ketones (excluding diaryl/α,β-unsaturated/α-hetero) is 1. The molecule has 0 radical (unpaired) electrons. The highest BCUT2D eigenvalue weighted by Crippen LogP contribution is 2.43. The summed E-state index contributed by atoms with van der Waals surface area (Å²) in [6.07, 6.45) is 3.85. The fraction of sp³-hybridized carbons (Fsp3) is 0.393. The maximum absolute atomic E-state index is 13.5. The van der Waals surface area contributed by atoms with Gasteiger partial charge in [-0.05, 0) is 56.3 Å². The zero-order chi connectivity index (χ0) is 24.7. The van der Waals surface area contributed by atoms with Crippen LogP contribution in [0.4, 0.5) is 0 Å². The van der Waals surface area contributed by atoms with Gasteiger partial charge in [0.25, 0.3) is 0 Å². The van der Waals surface area contributed by atoms with Crippen LogP contribution in [-0.4, -0.2) is 65.1 Å². The standard InChI is InChI=1S/C28H33N3O4/c1-5-29-9-11-30(12-10-29)17-22-24(32)13-18(3)26-27(33)25(35-28(22)26)14-19-16-31(6-2)23-8-7-20(34-4)15-21(19)23/h7-8,13-16,32H,5-6,9-12,17H2,1-4H3/b25-14-. The van der Waals surface area contributed by atoms with Gasteiger partial charge in [-0.1, -0.05) is 6.92 Å². The summed E-state index contributed by atoms with van der Waals surface area (Å²) in [6.45, 7) is 12.4. The topological polar surface area (TPSA) is 67.2 Å². The fourth-order valence-electron chi connectivity index (χ4n) is 5.17. The molecular weight excluding hydrogens is 442 g/mol. The molecule has 7 heteroatoms. The van der Waals surface area contributed by atoms with Crippen LogP contribution >= 0.6 is 0 Å². The molecule has 1 saturated heterocycles.